The Morgan fingerprint density at radius 2 is 1.67 bits per heavy atom. The van der Waals surface area contributed by atoms with Crippen LogP contribution in [0, 0.1) is 0 Å². The average molecular weight is 568 g/mol. The number of likely N-dealkylation sites (N-methyl/N-ethyl adjacent to an activating group) is 1. The Kier molecular flexibility index (Phi) is 9.59. The third kappa shape index (κ3) is 7.21. The maximum atomic E-state index is 14.0. The monoisotopic (exact) mass is 567 g/mol. The number of hydrogen-bond acceptors (Lipinski definition) is 5. The molecule has 0 saturated carbocycles. The summed E-state index contributed by atoms with van der Waals surface area (Å²) >= 11 is 0. The van der Waals surface area contributed by atoms with Gasteiger partial charge in [0.25, 0.3) is 5.91 Å². The summed E-state index contributed by atoms with van der Waals surface area (Å²) in [5.41, 5.74) is 5.40. The van der Waals surface area contributed by atoms with Gasteiger partial charge in [-0.1, -0.05) is 60.7 Å². The van der Waals surface area contributed by atoms with E-state index < -0.39 is 0 Å². The largest absolute Gasteiger partial charge is 0.497 e. The van der Waals surface area contributed by atoms with E-state index in [9.17, 15) is 9.59 Å². The Hall–Kier alpha value is -4.10. The molecule has 3 aromatic rings. The van der Waals surface area contributed by atoms with Crippen LogP contribution in [-0.2, 0) is 22.4 Å². The van der Waals surface area contributed by atoms with Gasteiger partial charge in [-0.2, -0.15) is 0 Å². The molecule has 2 bridgehead atoms. The molecule has 2 amide bonds. The third-order valence-corrected chi connectivity index (χ3v) is 8.23. The standard InChI is InChI=1S/C35H41N3O4/c1-25(39)38-23-29-21-32(34(33(24-38)36-29)35(40)37(2)19-18-26-9-5-4-6-10-26)28-16-14-27(15-17-28)11-8-20-42-31-13-7-12-30(22-31)41-3/h4-7,9-10,12-17,22,29,33,36H,8,11,18-21,23-24H2,1-3H3. The molecule has 3 aromatic carbocycles. The summed E-state index contributed by atoms with van der Waals surface area (Å²) in [6, 6.07) is 26.5. The number of carbonyl (C=O) groups excluding carboxylic acids is 2. The average Bonchev–Trinajstić information content (AvgIpc) is 3.02. The molecule has 0 spiro atoms. The lowest BCUT2D eigenvalue weighted by atomic mass is 9.82. The van der Waals surface area contributed by atoms with Crippen molar-refractivity contribution in [2.24, 2.45) is 0 Å². The highest BCUT2D eigenvalue weighted by molar-refractivity contribution is 6.03. The number of rotatable bonds is 11. The van der Waals surface area contributed by atoms with E-state index in [1.807, 2.05) is 59.3 Å². The van der Waals surface area contributed by atoms with Gasteiger partial charge in [-0.15, -0.1) is 0 Å². The number of amides is 2. The van der Waals surface area contributed by atoms with Crippen LogP contribution < -0.4 is 14.8 Å². The minimum atomic E-state index is -0.184. The molecule has 7 nitrogen and oxygen atoms in total. The van der Waals surface area contributed by atoms with Crippen molar-refractivity contribution in [3.63, 3.8) is 0 Å². The van der Waals surface area contributed by atoms with Crippen molar-refractivity contribution < 1.29 is 19.1 Å². The molecule has 2 unspecified atom stereocenters. The first-order valence-corrected chi connectivity index (χ1v) is 14.8. The molecule has 0 aliphatic carbocycles. The van der Waals surface area contributed by atoms with Gasteiger partial charge in [-0.25, -0.2) is 0 Å². The van der Waals surface area contributed by atoms with E-state index in [0.29, 0.717) is 32.7 Å². The molecule has 2 aliphatic heterocycles. The summed E-state index contributed by atoms with van der Waals surface area (Å²) < 4.78 is 11.2. The summed E-state index contributed by atoms with van der Waals surface area (Å²) in [6.07, 6.45) is 3.30. The Bertz CT molecular complexity index is 1400. The molecule has 7 heteroatoms. The highest BCUT2D eigenvalue weighted by Gasteiger charge is 2.39. The van der Waals surface area contributed by atoms with E-state index in [-0.39, 0.29) is 23.9 Å². The third-order valence-electron chi connectivity index (χ3n) is 8.23. The van der Waals surface area contributed by atoms with Crippen molar-refractivity contribution in [1.82, 2.24) is 15.1 Å². The topological polar surface area (TPSA) is 71.1 Å². The zero-order chi connectivity index (χ0) is 29.5. The highest BCUT2D eigenvalue weighted by atomic mass is 16.5. The molecule has 2 atom stereocenters. The fraction of sp³-hybridized carbons (Fsp3) is 0.371. The minimum absolute atomic E-state index is 0.0288. The Morgan fingerprint density at radius 3 is 2.40 bits per heavy atom. The predicted molar refractivity (Wildman–Crippen MR) is 166 cm³/mol. The minimum Gasteiger partial charge on any atom is -0.497 e. The van der Waals surface area contributed by atoms with Gasteiger partial charge in [-0.05, 0) is 60.1 Å². The van der Waals surface area contributed by atoms with E-state index in [4.69, 9.17) is 9.47 Å². The van der Waals surface area contributed by atoms with Gasteiger partial charge in [-0.3, -0.25) is 9.59 Å². The van der Waals surface area contributed by atoms with E-state index in [1.165, 1.54) is 11.1 Å². The van der Waals surface area contributed by atoms with Crippen LogP contribution in [0.4, 0.5) is 0 Å². The molecule has 220 valence electrons. The van der Waals surface area contributed by atoms with Crippen molar-refractivity contribution in [2.45, 2.75) is 44.7 Å². The molecule has 2 heterocycles. The van der Waals surface area contributed by atoms with Gasteiger partial charge in [0.1, 0.15) is 11.5 Å². The molecular formula is C35H41N3O4. The molecular weight excluding hydrogens is 526 g/mol. The van der Waals surface area contributed by atoms with Crippen LogP contribution in [0.5, 0.6) is 11.5 Å². The van der Waals surface area contributed by atoms with Gasteiger partial charge >= 0.3 is 0 Å². The molecule has 1 saturated heterocycles. The highest BCUT2D eigenvalue weighted by Crippen LogP contribution is 2.34. The van der Waals surface area contributed by atoms with Gasteiger partial charge < -0.3 is 24.6 Å². The van der Waals surface area contributed by atoms with Crippen molar-refractivity contribution in [3.8, 4) is 11.5 Å². The van der Waals surface area contributed by atoms with Crippen molar-refractivity contribution >= 4 is 17.4 Å². The number of benzene rings is 3. The molecule has 42 heavy (non-hydrogen) atoms. The van der Waals surface area contributed by atoms with Crippen LogP contribution in [0.15, 0.2) is 84.4 Å². The Labute approximate surface area is 249 Å². The van der Waals surface area contributed by atoms with Crippen molar-refractivity contribution in [2.75, 3.05) is 40.4 Å². The quantitative estimate of drug-likeness (QED) is 0.339. The van der Waals surface area contributed by atoms with E-state index in [1.54, 1.807) is 14.0 Å². The number of methoxy groups -OCH3 is 1. The zero-order valence-electron chi connectivity index (χ0n) is 24.8. The molecule has 5 rings (SSSR count). The number of carbonyl (C=O) groups is 2. The zero-order valence-corrected chi connectivity index (χ0v) is 24.8. The number of aryl methyl sites for hydroxylation is 1. The second-order valence-corrected chi connectivity index (χ2v) is 11.2. The number of fused-ring (bicyclic) bond motifs is 2. The second-order valence-electron chi connectivity index (χ2n) is 11.2. The van der Waals surface area contributed by atoms with Crippen molar-refractivity contribution in [3.05, 3.63) is 101 Å². The van der Waals surface area contributed by atoms with Crippen LogP contribution in [-0.4, -0.2) is 74.1 Å². The predicted octanol–water partition coefficient (Wildman–Crippen LogP) is 4.75. The number of piperazine rings is 1. The van der Waals surface area contributed by atoms with Crippen LogP contribution >= 0.6 is 0 Å². The normalized spacial score (nSPS) is 18.0. The lowest BCUT2D eigenvalue weighted by molar-refractivity contribution is -0.132. The van der Waals surface area contributed by atoms with Crippen LogP contribution in [0.2, 0.25) is 0 Å². The summed E-state index contributed by atoms with van der Waals surface area (Å²) in [5, 5.41) is 3.64. The van der Waals surface area contributed by atoms with Crippen LogP contribution in [0.1, 0.15) is 36.5 Å². The first kappa shape index (κ1) is 29.4. The van der Waals surface area contributed by atoms with Gasteiger partial charge in [0, 0.05) is 51.3 Å². The number of hydrogen-bond donors (Lipinski definition) is 1. The number of nitrogens with zero attached hydrogens (tertiary/aromatic N) is 2. The molecule has 1 fully saturated rings. The fourth-order valence-corrected chi connectivity index (χ4v) is 5.90. The number of ether oxygens (including phenoxy) is 2. The van der Waals surface area contributed by atoms with Gasteiger partial charge in [0.2, 0.25) is 5.91 Å². The van der Waals surface area contributed by atoms with E-state index >= 15 is 0 Å². The Balaban J connectivity index is 1.29. The first-order valence-electron chi connectivity index (χ1n) is 14.8. The van der Waals surface area contributed by atoms with E-state index in [2.05, 4.69) is 41.7 Å². The Morgan fingerprint density at radius 1 is 0.929 bits per heavy atom. The fourth-order valence-electron chi connectivity index (χ4n) is 5.90. The van der Waals surface area contributed by atoms with Crippen LogP contribution in [0.25, 0.3) is 5.57 Å². The molecule has 2 aliphatic rings. The number of nitrogens with one attached hydrogen (secondary N) is 1. The molecule has 0 radical (unpaired) electrons. The molecule has 1 N–H and O–H groups in total. The lowest BCUT2D eigenvalue weighted by Crippen LogP contribution is -2.61. The lowest BCUT2D eigenvalue weighted by Gasteiger charge is -2.44. The van der Waals surface area contributed by atoms with Gasteiger partial charge in [0.15, 0.2) is 0 Å². The SMILES string of the molecule is COc1cccc(OCCCc2ccc(C3=C(C(=O)N(C)CCc4ccccc4)C4CN(C(C)=O)CC(C3)N4)cc2)c1. The second kappa shape index (κ2) is 13.7. The smallest absolute Gasteiger partial charge is 0.251 e. The summed E-state index contributed by atoms with van der Waals surface area (Å²) in [4.78, 5) is 30.0. The van der Waals surface area contributed by atoms with E-state index in [0.717, 1.165) is 47.5 Å². The maximum Gasteiger partial charge on any atom is 0.251 e. The van der Waals surface area contributed by atoms with Crippen molar-refractivity contribution in [1.29, 1.82) is 0 Å². The summed E-state index contributed by atoms with van der Waals surface area (Å²) in [5.74, 6) is 1.68. The van der Waals surface area contributed by atoms with Gasteiger partial charge in [0.05, 0.1) is 19.8 Å². The maximum absolute atomic E-state index is 14.0. The van der Waals surface area contributed by atoms with Crippen LogP contribution in [0.3, 0.4) is 0 Å². The first-order chi connectivity index (χ1) is 20.4. The molecule has 0 aromatic heterocycles. The summed E-state index contributed by atoms with van der Waals surface area (Å²) in [7, 11) is 3.53. The summed E-state index contributed by atoms with van der Waals surface area (Å²) in [6.45, 7) is 4.03.